The van der Waals surface area contributed by atoms with Crippen LogP contribution in [0.3, 0.4) is 0 Å². The minimum Gasteiger partial charge on any atom is -0.496 e. The van der Waals surface area contributed by atoms with Gasteiger partial charge in [0.25, 0.3) is 0 Å². The van der Waals surface area contributed by atoms with E-state index in [1.807, 2.05) is 42.5 Å². The Morgan fingerprint density at radius 3 is 2.16 bits per heavy atom. The number of rotatable bonds is 13. The number of carbonyl (C=O) groups is 3. The first kappa shape index (κ1) is 31.2. The van der Waals surface area contributed by atoms with Crippen LogP contribution in [-0.4, -0.2) is 63.4 Å². The second kappa shape index (κ2) is 14.9. The van der Waals surface area contributed by atoms with E-state index in [1.54, 1.807) is 55.0 Å². The molecule has 0 spiro atoms. The summed E-state index contributed by atoms with van der Waals surface area (Å²) in [6, 6.07) is 20.2. The lowest BCUT2D eigenvalue weighted by atomic mass is 9.97. The van der Waals surface area contributed by atoms with Gasteiger partial charge in [-0.2, -0.15) is 0 Å². The summed E-state index contributed by atoms with van der Waals surface area (Å²) in [6.45, 7) is 5.36. The molecule has 228 valence electrons. The van der Waals surface area contributed by atoms with Crippen molar-refractivity contribution in [2.75, 3.05) is 45.4 Å². The number of methoxy groups -OCH3 is 2. The lowest BCUT2D eigenvalue weighted by Gasteiger charge is -2.36. The van der Waals surface area contributed by atoms with Crippen LogP contribution >= 0.6 is 0 Å². The summed E-state index contributed by atoms with van der Waals surface area (Å²) in [5, 5.41) is 0. The molecule has 0 radical (unpaired) electrons. The zero-order chi connectivity index (χ0) is 30.8. The quantitative estimate of drug-likeness (QED) is 0.195. The van der Waals surface area contributed by atoms with E-state index in [1.165, 1.54) is 7.11 Å². The van der Waals surface area contributed by atoms with Gasteiger partial charge in [-0.05, 0) is 49.6 Å². The topological polar surface area (TPSA) is 104 Å². The molecule has 3 aromatic carbocycles. The van der Waals surface area contributed by atoms with E-state index in [-0.39, 0.29) is 25.8 Å². The third-order valence-electron chi connectivity index (χ3n) is 7.06. The Labute approximate surface area is 252 Å². The van der Waals surface area contributed by atoms with E-state index >= 15 is 0 Å². The molecule has 0 aliphatic carbocycles. The number of hydrogen-bond acceptors (Lipinski definition) is 8. The Hall–Kier alpha value is -4.73. The van der Waals surface area contributed by atoms with E-state index in [4.69, 9.17) is 23.7 Å². The number of esters is 2. The summed E-state index contributed by atoms with van der Waals surface area (Å²) < 4.78 is 27.4. The van der Waals surface area contributed by atoms with Crippen molar-refractivity contribution < 1.29 is 38.1 Å². The van der Waals surface area contributed by atoms with Crippen molar-refractivity contribution in [1.29, 1.82) is 0 Å². The van der Waals surface area contributed by atoms with E-state index in [0.29, 0.717) is 48.2 Å². The first-order valence-electron chi connectivity index (χ1n) is 14.3. The Morgan fingerprint density at radius 1 is 0.814 bits per heavy atom. The number of carbonyl (C=O) groups excluding carboxylic acids is 3. The summed E-state index contributed by atoms with van der Waals surface area (Å²) >= 11 is 0. The Bertz CT molecular complexity index is 1390. The highest BCUT2D eigenvalue weighted by molar-refractivity contribution is 6.01. The van der Waals surface area contributed by atoms with E-state index in [9.17, 15) is 14.4 Å². The molecule has 2 amide bonds. The summed E-state index contributed by atoms with van der Waals surface area (Å²) in [5.74, 6) is -1.04. The number of amides is 2. The molecular formula is C33H38N2O8. The smallest absolute Gasteiger partial charge is 0.324 e. The van der Waals surface area contributed by atoms with Crippen molar-refractivity contribution in [2.45, 2.75) is 39.3 Å². The van der Waals surface area contributed by atoms with Gasteiger partial charge < -0.3 is 28.6 Å². The van der Waals surface area contributed by atoms with Gasteiger partial charge in [0.05, 0.1) is 34.0 Å². The maximum absolute atomic E-state index is 13.7. The fraction of sp³-hybridized carbons (Fsp3) is 0.364. The molecule has 0 unspecified atom stereocenters. The van der Waals surface area contributed by atoms with Crippen LogP contribution in [0, 0.1) is 0 Å². The van der Waals surface area contributed by atoms with Crippen LogP contribution in [0.4, 0.5) is 10.5 Å². The highest BCUT2D eigenvalue weighted by atomic mass is 16.6. The minimum absolute atomic E-state index is 0.131. The Morgan fingerprint density at radius 2 is 1.51 bits per heavy atom. The molecule has 0 saturated carbocycles. The zero-order valence-corrected chi connectivity index (χ0v) is 25.0. The van der Waals surface area contributed by atoms with E-state index < -0.39 is 17.9 Å². The number of urea groups is 1. The normalized spacial score (nSPS) is 13.1. The molecule has 1 aliphatic heterocycles. The molecule has 1 heterocycles. The van der Waals surface area contributed by atoms with Gasteiger partial charge in [0.2, 0.25) is 0 Å². The van der Waals surface area contributed by atoms with Gasteiger partial charge in [0, 0.05) is 30.4 Å². The molecule has 4 rings (SSSR count). The molecule has 1 aliphatic rings. The van der Waals surface area contributed by atoms with Crippen LogP contribution < -0.4 is 19.1 Å². The molecule has 10 heteroatoms. The van der Waals surface area contributed by atoms with E-state index in [0.717, 1.165) is 17.5 Å². The summed E-state index contributed by atoms with van der Waals surface area (Å²) in [4.78, 5) is 42.4. The van der Waals surface area contributed by atoms with Gasteiger partial charge in [-0.25, -0.2) is 4.79 Å². The molecule has 1 saturated heterocycles. The van der Waals surface area contributed by atoms with Crippen LogP contribution in [0.1, 0.15) is 42.9 Å². The predicted molar refractivity (Wildman–Crippen MR) is 161 cm³/mol. The molecular weight excluding hydrogens is 552 g/mol. The van der Waals surface area contributed by atoms with Crippen molar-refractivity contribution in [3.8, 4) is 17.2 Å². The predicted octanol–water partition coefficient (Wildman–Crippen LogP) is 5.32. The Balaban J connectivity index is 1.53. The first-order chi connectivity index (χ1) is 20.9. The highest BCUT2D eigenvalue weighted by Crippen LogP contribution is 2.34. The van der Waals surface area contributed by atoms with Crippen molar-refractivity contribution in [3.05, 3.63) is 83.4 Å². The van der Waals surface area contributed by atoms with Crippen molar-refractivity contribution in [1.82, 2.24) is 4.90 Å². The fourth-order valence-corrected chi connectivity index (χ4v) is 4.95. The molecule has 0 N–H and O–H groups in total. The Kier molecular flexibility index (Phi) is 10.9. The fourth-order valence-electron chi connectivity index (χ4n) is 4.95. The number of benzene rings is 3. The summed E-state index contributed by atoms with van der Waals surface area (Å²) in [6.07, 6.45) is 0.756. The zero-order valence-electron chi connectivity index (χ0n) is 25.0. The van der Waals surface area contributed by atoms with Gasteiger partial charge in [0.1, 0.15) is 12.4 Å². The molecule has 3 aromatic rings. The van der Waals surface area contributed by atoms with Crippen LogP contribution in [-0.2, 0) is 32.2 Å². The maximum Gasteiger partial charge on any atom is 0.324 e. The second-order valence-corrected chi connectivity index (χ2v) is 9.83. The monoisotopic (exact) mass is 590 g/mol. The van der Waals surface area contributed by atoms with Gasteiger partial charge in [0.15, 0.2) is 17.4 Å². The molecule has 10 nitrogen and oxygen atoms in total. The first-order valence-corrected chi connectivity index (χ1v) is 14.3. The molecule has 1 fully saturated rings. The minimum atomic E-state index is -1.23. The van der Waals surface area contributed by atoms with Crippen molar-refractivity contribution in [3.63, 3.8) is 0 Å². The van der Waals surface area contributed by atoms with Gasteiger partial charge in [-0.1, -0.05) is 42.5 Å². The average molecular weight is 591 g/mol. The van der Waals surface area contributed by atoms with Crippen LogP contribution in [0.15, 0.2) is 66.7 Å². The van der Waals surface area contributed by atoms with Gasteiger partial charge >= 0.3 is 18.0 Å². The van der Waals surface area contributed by atoms with Crippen LogP contribution in [0.5, 0.6) is 17.2 Å². The van der Waals surface area contributed by atoms with Gasteiger partial charge in [-0.15, -0.1) is 0 Å². The van der Waals surface area contributed by atoms with Crippen LogP contribution in [0.25, 0.3) is 0 Å². The lowest BCUT2D eigenvalue weighted by Crippen LogP contribution is -2.49. The molecule has 0 atom stereocenters. The average Bonchev–Trinajstić information content (AvgIpc) is 3.02. The maximum atomic E-state index is 13.7. The number of ether oxygens (including phenoxy) is 5. The number of anilines is 1. The number of nitrogens with zero attached hydrogens (tertiary/aromatic N) is 2. The number of hydrogen-bond donors (Lipinski definition) is 0. The van der Waals surface area contributed by atoms with Gasteiger partial charge in [-0.3, -0.25) is 14.5 Å². The third kappa shape index (κ3) is 7.57. The second-order valence-electron chi connectivity index (χ2n) is 9.83. The largest absolute Gasteiger partial charge is 0.496 e. The van der Waals surface area contributed by atoms with Crippen LogP contribution in [0.2, 0.25) is 0 Å². The highest BCUT2D eigenvalue weighted by Gasteiger charge is 2.33. The van der Waals surface area contributed by atoms with Crippen molar-refractivity contribution in [2.24, 2.45) is 0 Å². The molecule has 43 heavy (non-hydrogen) atoms. The summed E-state index contributed by atoms with van der Waals surface area (Å²) in [7, 11) is 3.09. The summed E-state index contributed by atoms with van der Waals surface area (Å²) in [5.41, 5.74) is 2.85. The standard InChI is InChI=1S/C33H38N2O8/c1-5-41-31(36)30(32(37)42-6-2)24-13-14-25(28(19-24)40-4)21-34-17-10-18-35(33(34)38)26-15-16-27(39-3)29(20-26)43-22-23-11-8-7-9-12-23/h7-9,11-16,19-20,30H,5-6,10,17-18,21-22H2,1-4H3. The third-order valence-corrected chi connectivity index (χ3v) is 7.06. The molecule has 0 bridgehead atoms. The van der Waals surface area contributed by atoms with E-state index in [2.05, 4.69) is 0 Å². The SMILES string of the molecule is CCOC(=O)C(C(=O)OCC)c1ccc(CN2CCCN(c3ccc(OC)c(OCc4ccccc4)c3)C2=O)c(OC)c1. The lowest BCUT2D eigenvalue weighted by molar-refractivity contribution is -0.156. The molecule has 0 aromatic heterocycles. The van der Waals surface area contributed by atoms with Crippen molar-refractivity contribution >= 4 is 23.7 Å².